The lowest BCUT2D eigenvalue weighted by atomic mass is 9.83. The number of ketones is 1. The molecule has 2 atom stereocenters. The number of piperidine rings is 1. The minimum Gasteiger partial charge on any atom is -0.296 e. The highest BCUT2D eigenvalue weighted by atomic mass is 127. The van der Waals surface area contributed by atoms with E-state index in [1.807, 2.05) is 19.1 Å². The van der Waals surface area contributed by atoms with E-state index in [1.165, 1.54) is 0 Å². The second kappa shape index (κ2) is 4.95. The van der Waals surface area contributed by atoms with Crippen LogP contribution in [0.4, 0.5) is 0 Å². The summed E-state index contributed by atoms with van der Waals surface area (Å²) in [5.74, 6) is -1.15. The lowest BCUT2D eigenvalue weighted by molar-refractivity contribution is -0.137. The van der Waals surface area contributed by atoms with Gasteiger partial charge in [-0.1, -0.05) is 6.07 Å². The third-order valence-electron chi connectivity index (χ3n) is 4.27. The number of halogens is 1. The zero-order valence-corrected chi connectivity index (χ0v) is 13.2. The van der Waals surface area contributed by atoms with Gasteiger partial charge >= 0.3 is 0 Å². The summed E-state index contributed by atoms with van der Waals surface area (Å²) in [5, 5.41) is 2.35. The van der Waals surface area contributed by atoms with Gasteiger partial charge in [0.15, 0.2) is 5.78 Å². The van der Waals surface area contributed by atoms with Crippen LogP contribution in [-0.2, 0) is 16.0 Å². The largest absolute Gasteiger partial charge is 0.296 e. The Morgan fingerprint density at radius 2 is 1.95 bits per heavy atom. The highest BCUT2D eigenvalue weighted by molar-refractivity contribution is 14.1. The van der Waals surface area contributed by atoms with Gasteiger partial charge in [-0.05, 0) is 59.5 Å². The molecule has 3 rings (SSSR count). The van der Waals surface area contributed by atoms with Crippen molar-refractivity contribution in [3.8, 4) is 0 Å². The number of fused-ring (bicyclic) bond motifs is 1. The van der Waals surface area contributed by atoms with Crippen LogP contribution in [0.15, 0.2) is 12.1 Å². The summed E-state index contributed by atoms with van der Waals surface area (Å²) in [6.07, 6.45) is 1.42. The van der Waals surface area contributed by atoms with Crippen LogP contribution in [0.3, 0.4) is 0 Å². The quantitative estimate of drug-likeness (QED) is 0.596. The molecule has 2 unspecified atom stereocenters. The first kappa shape index (κ1) is 13.7. The maximum Gasteiger partial charge on any atom is 0.230 e. The average molecular weight is 383 g/mol. The number of Topliss-reactive ketones (excluding diaryl/α,β-unsaturated/α-hetero) is 1. The highest BCUT2D eigenvalue weighted by Crippen LogP contribution is 2.38. The smallest absolute Gasteiger partial charge is 0.230 e. The van der Waals surface area contributed by atoms with Crippen molar-refractivity contribution < 1.29 is 14.4 Å². The first-order valence-corrected chi connectivity index (χ1v) is 7.73. The molecule has 20 heavy (non-hydrogen) atoms. The fraction of sp³-hybridized carbons (Fsp3) is 0.400. The number of nitrogens with one attached hydrogen (secondary N) is 1. The Balaban J connectivity index is 1.94. The maximum absolute atomic E-state index is 12.6. The van der Waals surface area contributed by atoms with Crippen molar-refractivity contribution in [3.63, 3.8) is 0 Å². The molecule has 1 heterocycles. The Hall–Kier alpha value is -1.24. The second-order valence-corrected chi connectivity index (χ2v) is 6.61. The van der Waals surface area contributed by atoms with Crippen LogP contribution in [0.25, 0.3) is 0 Å². The topological polar surface area (TPSA) is 63.2 Å². The number of carbonyl (C=O) groups excluding carboxylic acids is 3. The first-order valence-electron chi connectivity index (χ1n) is 6.65. The Bertz CT molecular complexity index is 638. The minimum atomic E-state index is -0.372. The van der Waals surface area contributed by atoms with E-state index >= 15 is 0 Å². The van der Waals surface area contributed by atoms with E-state index in [0.717, 1.165) is 20.3 Å². The van der Waals surface area contributed by atoms with E-state index in [-0.39, 0.29) is 29.4 Å². The summed E-state index contributed by atoms with van der Waals surface area (Å²) in [7, 11) is 0. The van der Waals surface area contributed by atoms with Crippen LogP contribution in [0.1, 0.15) is 34.3 Å². The molecule has 4 nitrogen and oxygen atoms in total. The van der Waals surface area contributed by atoms with E-state index in [0.29, 0.717) is 19.3 Å². The van der Waals surface area contributed by atoms with Gasteiger partial charge in [0.05, 0.1) is 0 Å². The maximum atomic E-state index is 12.6. The van der Waals surface area contributed by atoms with Crippen molar-refractivity contribution in [2.24, 2.45) is 11.8 Å². The lowest BCUT2D eigenvalue weighted by Crippen LogP contribution is -2.44. The van der Waals surface area contributed by atoms with E-state index in [9.17, 15) is 14.4 Å². The Labute approximate surface area is 130 Å². The van der Waals surface area contributed by atoms with Gasteiger partial charge < -0.3 is 0 Å². The van der Waals surface area contributed by atoms with Crippen molar-refractivity contribution in [1.82, 2.24) is 5.32 Å². The molecular formula is C15H14INO3. The molecule has 0 bridgehead atoms. The Morgan fingerprint density at radius 1 is 1.20 bits per heavy atom. The molecule has 104 valence electrons. The normalized spacial score (nSPS) is 25.6. The zero-order valence-electron chi connectivity index (χ0n) is 11.0. The summed E-state index contributed by atoms with van der Waals surface area (Å²) in [6, 6.07) is 3.96. The number of hydrogen-bond donors (Lipinski definition) is 1. The third-order valence-corrected chi connectivity index (χ3v) is 5.17. The van der Waals surface area contributed by atoms with Gasteiger partial charge in [0, 0.05) is 27.4 Å². The molecule has 1 N–H and O–H groups in total. The summed E-state index contributed by atoms with van der Waals surface area (Å²) in [5.41, 5.74) is 2.94. The molecule has 0 aromatic heterocycles. The molecule has 1 aromatic rings. The average Bonchev–Trinajstić information content (AvgIpc) is 2.73. The molecule has 1 aromatic carbocycles. The standard InChI is InChI=1S/C15H14INO3/c1-7-2-4-11(16)13-9(7)6-10(14(13)19)8-3-5-12(18)17-15(8)20/h2,4,8,10H,3,5-6H2,1H3,(H,17,18,20). The number of carbonyl (C=O) groups is 3. The minimum absolute atomic E-state index is 0.0580. The summed E-state index contributed by atoms with van der Waals surface area (Å²) >= 11 is 2.17. The van der Waals surface area contributed by atoms with Crippen LogP contribution >= 0.6 is 22.6 Å². The molecule has 1 aliphatic carbocycles. The van der Waals surface area contributed by atoms with Gasteiger partial charge in [0.25, 0.3) is 0 Å². The van der Waals surface area contributed by atoms with E-state index in [1.54, 1.807) is 0 Å². The first-order chi connectivity index (χ1) is 9.49. The molecule has 2 aliphatic rings. The van der Waals surface area contributed by atoms with Crippen molar-refractivity contribution in [1.29, 1.82) is 0 Å². The molecular weight excluding hydrogens is 369 g/mol. The van der Waals surface area contributed by atoms with Gasteiger partial charge in [-0.25, -0.2) is 0 Å². The Kier molecular flexibility index (Phi) is 3.40. The number of amides is 2. The van der Waals surface area contributed by atoms with Gasteiger partial charge in [-0.2, -0.15) is 0 Å². The van der Waals surface area contributed by atoms with Crippen molar-refractivity contribution in [2.45, 2.75) is 26.2 Å². The predicted molar refractivity (Wildman–Crippen MR) is 81.3 cm³/mol. The molecule has 0 saturated carbocycles. The molecule has 1 fully saturated rings. The van der Waals surface area contributed by atoms with Crippen LogP contribution in [0, 0.1) is 22.3 Å². The molecule has 1 aliphatic heterocycles. The van der Waals surface area contributed by atoms with Gasteiger partial charge in [-0.15, -0.1) is 0 Å². The molecule has 1 saturated heterocycles. The van der Waals surface area contributed by atoms with E-state index in [2.05, 4.69) is 27.9 Å². The highest BCUT2D eigenvalue weighted by Gasteiger charge is 2.43. The lowest BCUT2D eigenvalue weighted by Gasteiger charge is -2.24. The van der Waals surface area contributed by atoms with Crippen molar-refractivity contribution in [2.75, 3.05) is 0 Å². The number of rotatable bonds is 1. The summed E-state index contributed by atoms with van der Waals surface area (Å²) in [6.45, 7) is 2.00. The fourth-order valence-electron chi connectivity index (χ4n) is 3.17. The third kappa shape index (κ3) is 2.08. The van der Waals surface area contributed by atoms with Gasteiger partial charge in [-0.3, -0.25) is 19.7 Å². The van der Waals surface area contributed by atoms with Crippen LogP contribution < -0.4 is 5.32 Å². The number of imide groups is 1. The number of aryl methyl sites for hydroxylation is 1. The van der Waals surface area contributed by atoms with E-state index < -0.39 is 0 Å². The molecule has 0 spiro atoms. The van der Waals surface area contributed by atoms with Gasteiger partial charge in [0.1, 0.15) is 0 Å². The van der Waals surface area contributed by atoms with Crippen LogP contribution in [-0.4, -0.2) is 17.6 Å². The van der Waals surface area contributed by atoms with Crippen molar-refractivity contribution >= 4 is 40.2 Å². The molecule has 2 amide bonds. The zero-order chi connectivity index (χ0) is 14.4. The molecule has 5 heteroatoms. The fourth-order valence-corrected chi connectivity index (χ4v) is 3.94. The number of benzene rings is 1. The van der Waals surface area contributed by atoms with Gasteiger partial charge in [0.2, 0.25) is 11.8 Å². The predicted octanol–water partition coefficient (Wildman–Crippen LogP) is 2.01. The molecule has 0 radical (unpaired) electrons. The van der Waals surface area contributed by atoms with Crippen LogP contribution in [0.5, 0.6) is 0 Å². The number of hydrogen-bond acceptors (Lipinski definition) is 3. The second-order valence-electron chi connectivity index (χ2n) is 5.45. The monoisotopic (exact) mass is 383 g/mol. The van der Waals surface area contributed by atoms with Crippen molar-refractivity contribution in [3.05, 3.63) is 32.4 Å². The Morgan fingerprint density at radius 3 is 2.60 bits per heavy atom. The van der Waals surface area contributed by atoms with Crippen LogP contribution in [0.2, 0.25) is 0 Å². The van der Waals surface area contributed by atoms with E-state index in [4.69, 9.17) is 0 Å². The summed E-state index contributed by atoms with van der Waals surface area (Å²) in [4.78, 5) is 35.8. The SMILES string of the molecule is Cc1ccc(I)c2c1CC(C1CCC(=O)NC1=O)C2=O. The summed E-state index contributed by atoms with van der Waals surface area (Å²) < 4.78 is 0.947.